The number of amides is 1. The predicted molar refractivity (Wildman–Crippen MR) is 93.8 cm³/mol. The first-order valence-electron chi connectivity index (χ1n) is 7.06. The highest BCUT2D eigenvalue weighted by Gasteiger charge is 2.10. The summed E-state index contributed by atoms with van der Waals surface area (Å²) in [4.78, 5) is 22.9. The molecule has 0 spiro atoms. The average Bonchev–Trinajstić information content (AvgIpc) is 2.57. The summed E-state index contributed by atoms with van der Waals surface area (Å²) in [5.74, 6) is -1.40. The fourth-order valence-electron chi connectivity index (χ4n) is 1.94. The standard InChI is InChI=1S/C17H14Cl2N2O3/c18-13-7-6-12(10-14(13)19)17(24)21-20-15(8-9-16(22)23)11-4-2-1-3-5-11/h1-7,10H,8-9H2,(H,21,24)(H,22,23)/b20-15-. The van der Waals surface area contributed by atoms with E-state index in [0.717, 1.165) is 5.56 Å². The van der Waals surface area contributed by atoms with Crippen LogP contribution in [0.2, 0.25) is 10.0 Å². The topological polar surface area (TPSA) is 78.8 Å². The maximum atomic E-state index is 12.1. The van der Waals surface area contributed by atoms with Crippen LogP contribution in [0.1, 0.15) is 28.8 Å². The van der Waals surface area contributed by atoms with Crippen molar-refractivity contribution in [2.45, 2.75) is 12.8 Å². The molecule has 0 unspecified atom stereocenters. The fraction of sp³-hybridized carbons (Fsp3) is 0.118. The van der Waals surface area contributed by atoms with Crippen molar-refractivity contribution in [2.75, 3.05) is 0 Å². The number of halogens is 2. The number of carbonyl (C=O) groups is 2. The molecule has 0 saturated heterocycles. The molecule has 2 aromatic carbocycles. The van der Waals surface area contributed by atoms with Crippen LogP contribution >= 0.6 is 23.2 Å². The Labute approximate surface area is 148 Å². The van der Waals surface area contributed by atoms with Crippen molar-refractivity contribution in [3.8, 4) is 0 Å². The van der Waals surface area contributed by atoms with E-state index in [0.29, 0.717) is 16.3 Å². The fourth-order valence-corrected chi connectivity index (χ4v) is 2.24. The average molecular weight is 365 g/mol. The molecule has 0 aliphatic rings. The first kappa shape index (κ1) is 18.0. The van der Waals surface area contributed by atoms with Crippen LogP contribution < -0.4 is 5.43 Å². The second-order valence-corrected chi connectivity index (χ2v) is 5.70. The number of hydrazone groups is 1. The molecule has 0 aliphatic carbocycles. The molecule has 2 N–H and O–H groups in total. The molecule has 7 heteroatoms. The Morgan fingerprint density at radius 3 is 2.29 bits per heavy atom. The number of nitrogens with zero attached hydrogens (tertiary/aromatic N) is 1. The maximum absolute atomic E-state index is 12.1. The van der Waals surface area contributed by atoms with Gasteiger partial charge in [-0.25, -0.2) is 5.43 Å². The lowest BCUT2D eigenvalue weighted by atomic mass is 10.1. The van der Waals surface area contributed by atoms with Gasteiger partial charge in [0.1, 0.15) is 0 Å². The number of hydrogen-bond donors (Lipinski definition) is 2. The molecule has 0 aliphatic heterocycles. The monoisotopic (exact) mass is 364 g/mol. The van der Waals surface area contributed by atoms with Crippen molar-refractivity contribution in [3.63, 3.8) is 0 Å². The zero-order valence-electron chi connectivity index (χ0n) is 12.5. The van der Waals surface area contributed by atoms with Gasteiger partial charge in [0.05, 0.1) is 22.2 Å². The van der Waals surface area contributed by atoms with Gasteiger partial charge in [-0.15, -0.1) is 0 Å². The summed E-state index contributed by atoms with van der Waals surface area (Å²) in [5.41, 5.74) is 3.95. The largest absolute Gasteiger partial charge is 0.481 e. The van der Waals surface area contributed by atoms with Gasteiger partial charge in [-0.3, -0.25) is 9.59 Å². The molecule has 1 amide bonds. The highest BCUT2D eigenvalue weighted by Crippen LogP contribution is 2.22. The van der Waals surface area contributed by atoms with Crippen LogP contribution in [0.15, 0.2) is 53.6 Å². The van der Waals surface area contributed by atoms with Gasteiger partial charge in [-0.2, -0.15) is 5.10 Å². The van der Waals surface area contributed by atoms with Gasteiger partial charge >= 0.3 is 5.97 Å². The van der Waals surface area contributed by atoms with Gasteiger partial charge in [-0.1, -0.05) is 53.5 Å². The van der Waals surface area contributed by atoms with E-state index in [1.165, 1.54) is 18.2 Å². The summed E-state index contributed by atoms with van der Waals surface area (Å²) in [6, 6.07) is 13.5. The van der Waals surface area contributed by atoms with E-state index in [2.05, 4.69) is 10.5 Å². The molecule has 0 saturated carbocycles. The number of rotatable bonds is 6. The molecule has 124 valence electrons. The number of carboxylic acids is 1. The second-order valence-electron chi connectivity index (χ2n) is 4.89. The first-order chi connectivity index (χ1) is 11.5. The number of nitrogens with one attached hydrogen (secondary N) is 1. The first-order valence-corrected chi connectivity index (χ1v) is 7.82. The second kappa shape index (κ2) is 8.47. The van der Waals surface area contributed by atoms with Crippen LogP contribution in [0, 0.1) is 0 Å². The van der Waals surface area contributed by atoms with Crippen LogP contribution in [0.3, 0.4) is 0 Å². The highest BCUT2D eigenvalue weighted by molar-refractivity contribution is 6.42. The van der Waals surface area contributed by atoms with E-state index in [-0.39, 0.29) is 17.9 Å². The molecule has 0 aromatic heterocycles. The Hall–Kier alpha value is -2.37. The third kappa shape index (κ3) is 5.08. The number of benzene rings is 2. The molecule has 2 rings (SSSR count). The van der Waals surface area contributed by atoms with Gasteiger partial charge in [0, 0.05) is 12.0 Å². The van der Waals surface area contributed by atoms with Crippen molar-refractivity contribution in [1.29, 1.82) is 0 Å². The minimum atomic E-state index is -0.936. The van der Waals surface area contributed by atoms with Crippen molar-refractivity contribution in [1.82, 2.24) is 5.43 Å². The smallest absolute Gasteiger partial charge is 0.303 e. The number of aliphatic carboxylic acids is 1. The summed E-state index contributed by atoms with van der Waals surface area (Å²) in [7, 11) is 0. The van der Waals surface area contributed by atoms with Crippen LogP contribution in [-0.2, 0) is 4.79 Å². The van der Waals surface area contributed by atoms with Crippen LogP contribution in [0.25, 0.3) is 0 Å². The molecular weight excluding hydrogens is 351 g/mol. The van der Waals surface area contributed by atoms with Crippen molar-refractivity contribution < 1.29 is 14.7 Å². The summed E-state index contributed by atoms with van der Waals surface area (Å²) >= 11 is 11.7. The van der Waals surface area contributed by atoms with E-state index in [9.17, 15) is 9.59 Å². The van der Waals surface area contributed by atoms with Crippen LogP contribution in [-0.4, -0.2) is 22.7 Å². The van der Waals surface area contributed by atoms with Crippen LogP contribution in [0.5, 0.6) is 0 Å². The lowest BCUT2D eigenvalue weighted by Crippen LogP contribution is -2.20. The van der Waals surface area contributed by atoms with Gasteiger partial charge in [-0.05, 0) is 23.8 Å². The molecule has 2 aromatic rings. The minimum absolute atomic E-state index is 0.0869. The molecule has 0 bridgehead atoms. The van der Waals surface area contributed by atoms with E-state index < -0.39 is 11.9 Å². The lowest BCUT2D eigenvalue weighted by Gasteiger charge is -2.07. The third-order valence-electron chi connectivity index (χ3n) is 3.16. The quantitative estimate of drug-likeness (QED) is 0.600. The molecular formula is C17H14Cl2N2O3. The Balaban J connectivity index is 2.18. The summed E-state index contributed by atoms with van der Waals surface area (Å²) in [6.45, 7) is 0. The molecule has 5 nitrogen and oxygen atoms in total. The minimum Gasteiger partial charge on any atom is -0.481 e. The normalized spacial score (nSPS) is 11.2. The van der Waals surface area contributed by atoms with Gasteiger partial charge in [0.2, 0.25) is 0 Å². The molecule has 0 radical (unpaired) electrons. The molecule has 0 fully saturated rings. The number of carbonyl (C=O) groups excluding carboxylic acids is 1. The third-order valence-corrected chi connectivity index (χ3v) is 3.90. The highest BCUT2D eigenvalue weighted by atomic mass is 35.5. The number of hydrogen-bond acceptors (Lipinski definition) is 3. The number of carboxylic acid groups (broad SMARTS) is 1. The van der Waals surface area contributed by atoms with Gasteiger partial charge in [0.15, 0.2) is 0 Å². The van der Waals surface area contributed by atoms with Crippen LogP contribution in [0.4, 0.5) is 0 Å². The maximum Gasteiger partial charge on any atom is 0.303 e. The van der Waals surface area contributed by atoms with E-state index in [1.54, 1.807) is 12.1 Å². The summed E-state index contributed by atoms with van der Waals surface area (Å²) in [5, 5.41) is 13.5. The Kier molecular flexibility index (Phi) is 6.35. The lowest BCUT2D eigenvalue weighted by molar-refractivity contribution is -0.136. The Bertz CT molecular complexity index is 777. The zero-order valence-corrected chi connectivity index (χ0v) is 14.0. The zero-order chi connectivity index (χ0) is 17.5. The van der Waals surface area contributed by atoms with Crippen molar-refractivity contribution in [2.24, 2.45) is 5.10 Å². The van der Waals surface area contributed by atoms with E-state index in [1.807, 2.05) is 18.2 Å². The van der Waals surface area contributed by atoms with E-state index >= 15 is 0 Å². The molecule has 0 atom stereocenters. The SMILES string of the molecule is O=C(O)CC/C(=N/NC(=O)c1ccc(Cl)c(Cl)c1)c1ccccc1. The van der Waals surface area contributed by atoms with Crippen molar-refractivity contribution in [3.05, 3.63) is 69.7 Å². The van der Waals surface area contributed by atoms with Gasteiger partial charge in [0.25, 0.3) is 5.91 Å². The predicted octanol–water partition coefficient (Wildman–Crippen LogP) is 3.99. The molecule has 0 heterocycles. The van der Waals surface area contributed by atoms with Crippen molar-refractivity contribution >= 4 is 40.8 Å². The van der Waals surface area contributed by atoms with E-state index in [4.69, 9.17) is 28.3 Å². The van der Waals surface area contributed by atoms with Gasteiger partial charge < -0.3 is 5.11 Å². The summed E-state index contributed by atoms with van der Waals surface area (Å²) in [6.07, 6.45) is 0.109. The summed E-state index contributed by atoms with van der Waals surface area (Å²) < 4.78 is 0. The Morgan fingerprint density at radius 2 is 1.67 bits per heavy atom. The Morgan fingerprint density at radius 1 is 0.958 bits per heavy atom. The molecule has 24 heavy (non-hydrogen) atoms.